The van der Waals surface area contributed by atoms with Crippen LogP contribution in [0.4, 0.5) is 5.13 Å². The van der Waals surface area contributed by atoms with Gasteiger partial charge in [-0.2, -0.15) is 4.98 Å². The van der Waals surface area contributed by atoms with Crippen molar-refractivity contribution in [3.8, 4) is 11.4 Å². The summed E-state index contributed by atoms with van der Waals surface area (Å²) >= 11 is 3.21. The molecule has 2 heterocycles. The fraction of sp³-hybridized carbons (Fsp3) is 0.214. The average Bonchev–Trinajstić information content (AvgIpc) is 3.10. The van der Waals surface area contributed by atoms with Gasteiger partial charge in [0, 0.05) is 15.8 Å². The molecule has 1 aromatic carbocycles. The number of benzene rings is 1. The third kappa shape index (κ3) is 3.43. The summed E-state index contributed by atoms with van der Waals surface area (Å²) < 4.78 is 5.27. The molecule has 21 heavy (non-hydrogen) atoms. The molecule has 2 aromatic heterocycles. The van der Waals surface area contributed by atoms with Gasteiger partial charge in [-0.3, -0.25) is 0 Å². The number of nitrogens with two attached hydrogens (primary N) is 1. The van der Waals surface area contributed by atoms with E-state index in [1.807, 2.05) is 17.5 Å². The van der Waals surface area contributed by atoms with Gasteiger partial charge >= 0.3 is 0 Å². The zero-order valence-electron chi connectivity index (χ0n) is 11.4. The van der Waals surface area contributed by atoms with Crippen molar-refractivity contribution < 1.29 is 4.52 Å². The van der Waals surface area contributed by atoms with E-state index in [4.69, 9.17) is 10.3 Å². The van der Waals surface area contributed by atoms with Gasteiger partial charge in [-0.1, -0.05) is 12.1 Å². The van der Waals surface area contributed by atoms with Crippen LogP contribution in [-0.4, -0.2) is 20.9 Å². The van der Waals surface area contributed by atoms with Gasteiger partial charge < -0.3 is 10.3 Å². The Bertz CT molecular complexity index is 721. The lowest BCUT2D eigenvalue weighted by molar-refractivity contribution is 0.385. The van der Waals surface area contributed by atoms with E-state index >= 15 is 0 Å². The summed E-state index contributed by atoms with van der Waals surface area (Å²) in [5.74, 6) is 2.20. The highest BCUT2D eigenvalue weighted by Crippen LogP contribution is 2.23. The highest BCUT2D eigenvalue weighted by atomic mass is 32.2. The van der Waals surface area contributed by atoms with Gasteiger partial charge in [0.15, 0.2) is 5.13 Å². The van der Waals surface area contributed by atoms with E-state index in [1.165, 1.54) is 16.2 Å². The predicted molar refractivity (Wildman–Crippen MR) is 85.5 cm³/mol. The van der Waals surface area contributed by atoms with Crippen LogP contribution in [0.25, 0.3) is 11.4 Å². The molecule has 0 saturated carbocycles. The summed E-state index contributed by atoms with van der Waals surface area (Å²) in [6.07, 6.45) is 0.504. The van der Waals surface area contributed by atoms with Crippen molar-refractivity contribution in [1.29, 1.82) is 0 Å². The fourth-order valence-corrected chi connectivity index (χ4v) is 3.09. The monoisotopic (exact) mass is 318 g/mol. The van der Waals surface area contributed by atoms with Gasteiger partial charge in [0.1, 0.15) is 0 Å². The first-order valence-electron chi connectivity index (χ1n) is 6.50. The molecule has 0 aliphatic rings. The Morgan fingerprint density at radius 3 is 2.71 bits per heavy atom. The predicted octanol–water partition coefficient (Wildman–Crippen LogP) is 3.48. The first kappa shape index (κ1) is 14.1. The smallest absolute Gasteiger partial charge is 0.233 e. The number of aromatic nitrogens is 3. The van der Waals surface area contributed by atoms with E-state index in [0.29, 0.717) is 23.3 Å². The van der Waals surface area contributed by atoms with Gasteiger partial charge in [-0.25, -0.2) is 4.98 Å². The molecule has 7 heteroatoms. The first-order valence-corrected chi connectivity index (χ1v) is 8.37. The van der Waals surface area contributed by atoms with Crippen LogP contribution in [0.3, 0.4) is 0 Å². The van der Waals surface area contributed by atoms with Crippen LogP contribution in [0, 0.1) is 0 Å². The Labute approximate surface area is 130 Å². The van der Waals surface area contributed by atoms with Crippen LogP contribution in [0.5, 0.6) is 0 Å². The van der Waals surface area contributed by atoms with Gasteiger partial charge in [-0.05, 0) is 30.0 Å². The van der Waals surface area contributed by atoms with E-state index in [-0.39, 0.29) is 0 Å². The van der Waals surface area contributed by atoms with Crippen LogP contribution in [-0.2, 0) is 6.42 Å². The second-order valence-electron chi connectivity index (χ2n) is 4.32. The molecule has 0 bridgehead atoms. The molecule has 3 rings (SSSR count). The first-order chi connectivity index (χ1) is 10.2. The molecule has 0 fully saturated rings. The Kier molecular flexibility index (Phi) is 4.21. The lowest BCUT2D eigenvalue weighted by Gasteiger charge is -1.98. The van der Waals surface area contributed by atoms with Gasteiger partial charge in [0.25, 0.3) is 0 Å². The quantitative estimate of drug-likeness (QED) is 0.726. The molecule has 2 N–H and O–H groups in total. The number of anilines is 1. The third-order valence-electron chi connectivity index (χ3n) is 2.79. The Balaban J connectivity index is 1.74. The molecular weight excluding hydrogens is 304 g/mol. The summed E-state index contributed by atoms with van der Waals surface area (Å²) in [7, 11) is 0. The van der Waals surface area contributed by atoms with E-state index in [9.17, 15) is 0 Å². The minimum absolute atomic E-state index is 0.504. The van der Waals surface area contributed by atoms with Gasteiger partial charge in [0.2, 0.25) is 11.7 Å². The van der Waals surface area contributed by atoms with E-state index < -0.39 is 0 Å². The maximum atomic E-state index is 5.61. The highest BCUT2D eigenvalue weighted by Gasteiger charge is 2.11. The molecule has 0 aliphatic heterocycles. The SMILES string of the molecule is CCSc1ccc(-c2noc(Cc3csc(N)n3)n2)cc1. The van der Waals surface area contributed by atoms with Crippen LogP contribution >= 0.6 is 23.1 Å². The molecule has 0 spiro atoms. The number of rotatable bonds is 5. The van der Waals surface area contributed by atoms with Crippen molar-refractivity contribution in [2.45, 2.75) is 18.2 Å². The van der Waals surface area contributed by atoms with Crippen molar-refractivity contribution in [1.82, 2.24) is 15.1 Å². The van der Waals surface area contributed by atoms with Crippen LogP contribution in [0.15, 0.2) is 39.1 Å². The van der Waals surface area contributed by atoms with Crippen molar-refractivity contribution in [3.63, 3.8) is 0 Å². The zero-order chi connectivity index (χ0) is 14.7. The van der Waals surface area contributed by atoms with E-state index in [1.54, 1.807) is 11.8 Å². The number of nitrogens with zero attached hydrogens (tertiary/aromatic N) is 3. The molecule has 0 saturated heterocycles. The lowest BCUT2D eigenvalue weighted by Crippen LogP contribution is -1.90. The fourth-order valence-electron chi connectivity index (χ4n) is 1.87. The lowest BCUT2D eigenvalue weighted by atomic mass is 10.2. The largest absolute Gasteiger partial charge is 0.375 e. The number of hydrogen-bond acceptors (Lipinski definition) is 7. The maximum Gasteiger partial charge on any atom is 0.233 e. The van der Waals surface area contributed by atoms with Crippen LogP contribution in [0.1, 0.15) is 18.5 Å². The molecule has 5 nitrogen and oxygen atoms in total. The van der Waals surface area contributed by atoms with Crippen LogP contribution < -0.4 is 5.73 Å². The summed E-state index contributed by atoms with van der Waals surface area (Å²) in [6, 6.07) is 8.15. The average molecular weight is 318 g/mol. The number of thiazole rings is 1. The molecular formula is C14H14N4OS2. The Morgan fingerprint density at radius 1 is 1.24 bits per heavy atom. The number of thioether (sulfide) groups is 1. The Hall–Kier alpha value is -1.86. The maximum absolute atomic E-state index is 5.61. The number of hydrogen-bond donors (Lipinski definition) is 1. The molecule has 0 atom stereocenters. The molecule has 0 amide bonds. The van der Waals surface area contributed by atoms with E-state index in [2.05, 4.69) is 34.2 Å². The normalized spacial score (nSPS) is 10.9. The van der Waals surface area contributed by atoms with E-state index in [0.717, 1.165) is 17.0 Å². The summed E-state index contributed by atoms with van der Waals surface area (Å²) in [5, 5.41) is 6.47. The minimum Gasteiger partial charge on any atom is -0.375 e. The third-order valence-corrected chi connectivity index (χ3v) is 4.41. The second-order valence-corrected chi connectivity index (χ2v) is 6.55. The van der Waals surface area contributed by atoms with Crippen molar-refractivity contribution in [2.24, 2.45) is 0 Å². The highest BCUT2D eigenvalue weighted by molar-refractivity contribution is 7.99. The summed E-state index contributed by atoms with van der Waals surface area (Å²) in [4.78, 5) is 9.82. The standard InChI is InChI=1S/C14H14N4OS2/c1-2-20-11-5-3-9(4-6-11)13-17-12(19-18-13)7-10-8-21-14(15)16-10/h3-6,8H,2,7H2,1H3,(H2,15,16). The molecule has 0 radical (unpaired) electrons. The zero-order valence-corrected chi connectivity index (χ0v) is 13.1. The molecule has 0 aliphatic carbocycles. The number of nitrogen functional groups attached to an aromatic ring is 1. The topological polar surface area (TPSA) is 77.8 Å². The molecule has 108 valence electrons. The molecule has 0 unspecified atom stereocenters. The summed E-state index contributed by atoms with van der Waals surface area (Å²) in [6.45, 7) is 2.13. The van der Waals surface area contributed by atoms with Crippen molar-refractivity contribution >= 4 is 28.2 Å². The Morgan fingerprint density at radius 2 is 2.05 bits per heavy atom. The summed E-state index contributed by atoms with van der Waals surface area (Å²) in [5.41, 5.74) is 7.40. The van der Waals surface area contributed by atoms with Crippen molar-refractivity contribution in [3.05, 3.63) is 41.2 Å². The van der Waals surface area contributed by atoms with Gasteiger partial charge in [0.05, 0.1) is 12.1 Å². The van der Waals surface area contributed by atoms with Crippen LogP contribution in [0.2, 0.25) is 0 Å². The second kappa shape index (κ2) is 6.28. The van der Waals surface area contributed by atoms with Gasteiger partial charge in [-0.15, -0.1) is 23.1 Å². The van der Waals surface area contributed by atoms with Crippen molar-refractivity contribution in [2.75, 3.05) is 11.5 Å². The minimum atomic E-state index is 0.504. The molecule has 3 aromatic rings.